The molecule has 1 saturated heterocycles. The van der Waals surface area contributed by atoms with Crippen LogP contribution in [0.15, 0.2) is 36.4 Å². The highest BCUT2D eigenvalue weighted by atomic mass is 19.4. The van der Waals surface area contributed by atoms with Crippen LogP contribution in [0.25, 0.3) is 0 Å². The molecule has 0 saturated carbocycles. The maximum atomic E-state index is 14.0. The Balaban J connectivity index is 1.73. The standard InChI is InChI=1S/C19H17F4N3O3/c1-12-16(20)9-13(10-17(12)26(28)29)18(27)25-7-5-24(6-8-25)15-4-2-3-14(11-15)19(21,22)23/h2-4,9-11H,5-8H2,1H3. The van der Waals surface area contributed by atoms with Crippen LogP contribution in [0.1, 0.15) is 21.5 Å². The number of nitrogens with zero attached hydrogens (tertiary/aromatic N) is 3. The third kappa shape index (κ3) is 4.30. The van der Waals surface area contributed by atoms with Gasteiger partial charge in [-0.3, -0.25) is 14.9 Å². The van der Waals surface area contributed by atoms with Gasteiger partial charge in [0.15, 0.2) is 0 Å². The number of anilines is 1. The van der Waals surface area contributed by atoms with Crippen molar-refractivity contribution in [1.29, 1.82) is 0 Å². The van der Waals surface area contributed by atoms with Gasteiger partial charge >= 0.3 is 6.18 Å². The highest BCUT2D eigenvalue weighted by Crippen LogP contribution is 2.32. The number of nitro groups is 1. The highest BCUT2D eigenvalue weighted by Gasteiger charge is 2.31. The quantitative estimate of drug-likeness (QED) is 0.435. The Bertz CT molecular complexity index is 954. The van der Waals surface area contributed by atoms with Gasteiger partial charge in [-0.1, -0.05) is 6.07 Å². The van der Waals surface area contributed by atoms with E-state index in [0.29, 0.717) is 5.69 Å². The summed E-state index contributed by atoms with van der Waals surface area (Å²) in [6.07, 6.45) is -4.45. The molecule has 0 aliphatic carbocycles. The van der Waals surface area contributed by atoms with Gasteiger partial charge in [0.25, 0.3) is 11.6 Å². The Kier molecular flexibility index (Phi) is 5.45. The van der Waals surface area contributed by atoms with E-state index in [4.69, 9.17) is 0 Å². The fraction of sp³-hybridized carbons (Fsp3) is 0.316. The molecule has 10 heteroatoms. The van der Waals surface area contributed by atoms with Crippen molar-refractivity contribution in [3.63, 3.8) is 0 Å². The predicted octanol–water partition coefficient (Wildman–Crippen LogP) is 4.02. The van der Waals surface area contributed by atoms with Crippen LogP contribution in [0.5, 0.6) is 0 Å². The summed E-state index contributed by atoms with van der Waals surface area (Å²) in [7, 11) is 0. The molecule has 0 spiro atoms. The van der Waals surface area contributed by atoms with Crippen molar-refractivity contribution >= 4 is 17.3 Å². The van der Waals surface area contributed by atoms with Gasteiger partial charge < -0.3 is 9.80 Å². The van der Waals surface area contributed by atoms with Crippen molar-refractivity contribution < 1.29 is 27.3 Å². The number of amides is 1. The van der Waals surface area contributed by atoms with Crippen molar-refractivity contribution in [3.8, 4) is 0 Å². The second kappa shape index (κ2) is 7.69. The predicted molar refractivity (Wildman–Crippen MR) is 97.4 cm³/mol. The second-order valence-corrected chi connectivity index (χ2v) is 6.69. The largest absolute Gasteiger partial charge is 0.416 e. The van der Waals surface area contributed by atoms with Crippen LogP contribution < -0.4 is 4.90 Å². The number of rotatable bonds is 3. The monoisotopic (exact) mass is 411 g/mol. The van der Waals surface area contributed by atoms with Crippen LogP contribution in [-0.4, -0.2) is 41.9 Å². The van der Waals surface area contributed by atoms with E-state index in [0.717, 1.165) is 24.3 Å². The van der Waals surface area contributed by atoms with E-state index in [1.54, 1.807) is 11.0 Å². The zero-order chi connectivity index (χ0) is 21.3. The minimum Gasteiger partial charge on any atom is -0.368 e. The number of nitro benzene ring substituents is 1. The number of benzene rings is 2. The molecule has 0 aromatic heterocycles. The van der Waals surface area contributed by atoms with Gasteiger partial charge in [-0.25, -0.2) is 4.39 Å². The van der Waals surface area contributed by atoms with Crippen molar-refractivity contribution in [2.75, 3.05) is 31.1 Å². The van der Waals surface area contributed by atoms with Crippen LogP contribution in [0.3, 0.4) is 0 Å². The number of hydrogen-bond acceptors (Lipinski definition) is 4. The van der Waals surface area contributed by atoms with Crippen LogP contribution in [-0.2, 0) is 6.18 Å². The average molecular weight is 411 g/mol. The van der Waals surface area contributed by atoms with Gasteiger partial charge in [0.1, 0.15) is 5.82 Å². The molecule has 0 unspecified atom stereocenters. The van der Waals surface area contributed by atoms with Gasteiger partial charge in [-0.15, -0.1) is 0 Å². The second-order valence-electron chi connectivity index (χ2n) is 6.69. The lowest BCUT2D eigenvalue weighted by Crippen LogP contribution is -2.48. The first-order valence-electron chi connectivity index (χ1n) is 8.74. The summed E-state index contributed by atoms with van der Waals surface area (Å²) in [5, 5.41) is 11.1. The lowest BCUT2D eigenvalue weighted by molar-refractivity contribution is -0.385. The SMILES string of the molecule is Cc1c(F)cc(C(=O)N2CCN(c3cccc(C(F)(F)F)c3)CC2)cc1[N+](=O)[O-]. The zero-order valence-electron chi connectivity index (χ0n) is 15.4. The molecule has 1 aliphatic rings. The first-order chi connectivity index (χ1) is 13.6. The molecular formula is C19H17F4N3O3. The lowest BCUT2D eigenvalue weighted by Gasteiger charge is -2.36. The van der Waals surface area contributed by atoms with Crippen LogP contribution >= 0.6 is 0 Å². The number of halogens is 4. The summed E-state index contributed by atoms with van der Waals surface area (Å²) in [4.78, 5) is 26.1. The highest BCUT2D eigenvalue weighted by molar-refractivity contribution is 5.95. The number of piperazine rings is 1. The Hall–Kier alpha value is -3.17. The minimum absolute atomic E-state index is 0.132. The topological polar surface area (TPSA) is 66.7 Å². The van der Waals surface area contributed by atoms with Gasteiger partial charge in [-0.05, 0) is 31.2 Å². The fourth-order valence-corrected chi connectivity index (χ4v) is 3.21. The first kappa shape index (κ1) is 20.6. The molecule has 154 valence electrons. The maximum Gasteiger partial charge on any atom is 0.416 e. The van der Waals surface area contributed by atoms with Crippen molar-refractivity contribution in [2.45, 2.75) is 13.1 Å². The molecule has 3 rings (SSSR count). The fourth-order valence-electron chi connectivity index (χ4n) is 3.21. The Morgan fingerprint density at radius 1 is 1.10 bits per heavy atom. The molecule has 29 heavy (non-hydrogen) atoms. The van der Waals surface area contributed by atoms with E-state index >= 15 is 0 Å². The van der Waals surface area contributed by atoms with E-state index in [9.17, 15) is 32.5 Å². The van der Waals surface area contributed by atoms with Crippen LogP contribution in [0.4, 0.5) is 28.9 Å². The van der Waals surface area contributed by atoms with E-state index in [2.05, 4.69) is 0 Å². The summed E-state index contributed by atoms with van der Waals surface area (Å²) in [5.41, 5.74) is -1.12. The molecule has 1 heterocycles. The van der Waals surface area contributed by atoms with Gasteiger partial charge in [0.05, 0.1) is 16.1 Å². The molecule has 1 aliphatic heterocycles. The molecule has 0 atom stereocenters. The van der Waals surface area contributed by atoms with Crippen molar-refractivity contribution in [2.24, 2.45) is 0 Å². The van der Waals surface area contributed by atoms with Crippen molar-refractivity contribution in [1.82, 2.24) is 4.90 Å². The Morgan fingerprint density at radius 2 is 1.76 bits per heavy atom. The van der Waals surface area contributed by atoms with Gasteiger partial charge in [0.2, 0.25) is 0 Å². The van der Waals surface area contributed by atoms with E-state index in [1.165, 1.54) is 17.9 Å². The minimum atomic E-state index is -4.45. The van der Waals surface area contributed by atoms with E-state index < -0.39 is 34.1 Å². The van der Waals surface area contributed by atoms with E-state index in [1.807, 2.05) is 0 Å². The molecule has 2 aromatic carbocycles. The van der Waals surface area contributed by atoms with Gasteiger partial charge in [-0.2, -0.15) is 13.2 Å². The summed E-state index contributed by atoms with van der Waals surface area (Å²) in [6.45, 7) is 2.21. The third-order valence-electron chi connectivity index (χ3n) is 4.87. The maximum absolute atomic E-state index is 14.0. The number of carbonyl (C=O) groups excluding carboxylic acids is 1. The Labute approximate surface area is 163 Å². The molecular weight excluding hydrogens is 394 g/mol. The summed E-state index contributed by atoms with van der Waals surface area (Å²) < 4.78 is 52.6. The first-order valence-corrected chi connectivity index (χ1v) is 8.74. The smallest absolute Gasteiger partial charge is 0.368 e. The molecule has 0 radical (unpaired) electrons. The normalized spacial score (nSPS) is 14.8. The number of alkyl halides is 3. The Morgan fingerprint density at radius 3 is 2.34 bits per heavy atom. The number of hydrogen-bond donors (Lipinski definition) is 0. The number of carbonyl (C=O) groups is 1. The molecule has 0 N–H and O–H groups in total. The zero-order valence-corrected chi connectivity index (χ0v) is 15.4. The van der Waals surface area contributed by atoms with Crippen LogP contribution in [0.2, 0.25) is 0 Å². The summed E-state index contributed by atoms with van der Waals surface area (Å²) >= 11 is 0. The summed E-state index contributed by atoms with van der Waals surface area (Å²) in [6, 6.07) is 6.93. The molecule has 6 nitrogen and oxygen atoms in total. The molecule has 1 amide bonds. The molecule has 2 aromatic rings. The molecule has 0 bridgehead atoms. The van der Waals surface area contributed by atoms with Gasteiger partial charge in [0, 0.05) is 43.5 Å². The van der Waals surface area contributed by atoms with Crippen LogP contribution in [0, 0.1) is 22.9 Å². The van der Waals surface area contributed by atoms with Crippen molar-refractivity contribution in [3.05, 3.63) is 69.0 Å². The lowest BCUT2D eigenvalue weighted by atomic mass is 10.1. The summed E-state index contributed by atoms with van der Waals surface area (Å²) in [5.74, 6) is -1.40. The van der Waals surface area contributed by atoms with E-state index in [-0.39, 0.29) is 37.3 Å². The third-order valence-corrected chi connectivity index (χ3v) is 4.87. The average Bonchev–Trinajstić information content (AvgIpc) is 2.68. The molecule has 1 fully saturated rings.